The van der Waals surface area contributed by atoms with Crippen LogP contribution in [0.25, 0.3) is 0 Å². The minimum absolute atomic E-state index is 0.117. The SMILES string of the molecule is N#CCN1CCC(CNC(=O)CC2CCCO2)CC1. The third-order valence-electron chi connectivity index (χ3n) is 4.03. The van der Waals surface area contributed by atoms with Gasteiger partial charge < -0.3 is 10.1 Å². The van der Waals surface area contributed by atoms with E-state index in [1.54, 1.807) is 0 Å². The van der Waals surface area contributed by atoms with Crippen molar-refractivity contribution in [2.75, 3.05) is 32.8 Å². The normalized spacial score (nSPS) is 25.1. The first kappa shape index (κ1) is 14.3. The predicted octanol–water partition coefficient (Wildman–Crippen LogP) is 0.907. The summed E-state index contributed by atoms with van der Waals surface area (Å²) in [5.41, 5.74) is 0. The molecule has 1 amide bonds. The fourth-order valence-electron chi connectivity index (χ4n) is 2.79. The first-order valence-corrected chi connectivity index (χ1v) is 7.25. The van der Waals surface area contributed by atoms with Crippen molar-refractivity contribution in [1.82, 2.24) is 10.2 Å². The van der Waals surface area contributed by atoms with Gasteiger partial charge in [0.2, 0.25) is 5.91 Å². The van der Waals surface area contributed by atoms with E-state index in [-0.39, 0.29) is 12.0 Å². The molecule has 1 unspecified atom stereocenters. The molecule has 2 heterocycles. The Hall–Kier alpha value is -1.12. The van der Waals surface area contributed by atoms with Crippen LogP contribution in [0.5, 0.6) is 0 Å². The van der Waals surface area contributed by atoms with Gasteiger partial charge in [-0.05, 0) is 44.7 Å². The topological polar surface area (TPSA) is 65.4 Å². The Morgan fingerprint density at radius 2 is 2.16 bits per heavy atom. The molecule has 1 atom stereocenters. The number of carbonyl (C=O) groups excluding carboxylic acids is 1. The van der Waals surface area contributed by atoms with E-state index in [2.05, 4.69) is 16.3 Å². The third kappa shape index (κ3) is 4.81. The molecule has 2 aliphatic rings. The monoisotopic (exact) mass is 265 g/mol. The van der Waals surface area contributed by atoms with Crippen LogP contribution in [0.3, 0.4) is 0 Å². The maximum Gasteiger partial charge on any atom is 0.222 e. The largest absolute Gasteiger partial charge is 0.378 e. The van der Waals surface area contributed by atoms with Gasteiger partial charge in [-0.3, -0.25) is 9.69 Å². The molecule has 2 fully saturated rings. The Morgan fingerprint density at radius 1 is 1.37 bits per heavy atom. The first-order chi connectivity index (χ1) is 9.28. The number of amides is 1. The molecule has 5 heteroatoms. The number of carbonyl (C=O) groups is 1. The van der Waals surface area contributed by atoms with Crippen LogP contribution >= 0.6 is 0 Å². The molecule has 1 N–H and O–H groups in total. The Bertz CT molecular complexity index is 326. The van der Waals surface area contributed by atoms with Gasteiger partial charge in [-0.25, -0.2) is 0 Å². The quantitative estimate of drug-likeness (QED) is 0.750. The Labute approximate surface area is 114 Å². The number of ether oxygens (including phenoxy) is 1. The van der Waals surface area contributed by atoms with Crippen LogP contribution in [0.1, 0.15) is 32.1 Å². The molecular weight excluding hydrogens is 242 g/mol. The van der Waals surface area contributed by atoms with E-state index in [4.69, 9.17) is 10.00 Å². The zero-order valence-electron chi connectivity index (χ0n) is 11.4. The summed E-state index contributed by atoms with van der Waals surface area (Å²) in [6, 6.07) is 2.19. The van der Waals surface area contributed by atoms with Crippen molar-refractivity contribution < 1.29 is 9.53 Å². The van der Waals surface area contributed by atoms with Crippen LogP contribution in [0.2, 0.25) is 0 Å². The number of likely N-dealkylation sites (tertiary alicyclic amines) is 1. The highest BCUT2D eigenvalue weighted by molar-refractivity contribution is 5.76. The maximum absolute atomic E-state index is 11.8. The van der Waals surface area contributed by atoms with Crippen molar-refractivity contribution in [3.8, 4) is 6.07 Å². The molecule has 0 radical (unpaired) electrons. The highest BCUT2D eigenvalue weighted by Gasteiger charge is 2.21. The maximum atomic E-state index is 11.8. The van der Waals surface area contributed by atoms with E-state index in [1.165, 1.54) is 0 Å². The third-order valence-corrected chi connectivity index (χ3v) is 4.03. The molecule has 2 saturated heterocycles. The van der Waals surface area contributed by atoms with Crippen molar-refractivity contribution in [3.63, 3.8) is 0 Å². The van der Waals surface area contributed by atoms with E-state index in [0.717, 1.165) is 51.9 Å². The number of piperidine rings is 1. The van der Waals surface area contributed by atoms with E-state index < -0.39 is 0 Å². The first-order valence-electron chi connectivity index (χ1n) is 7.25. The van der Waals surface area contributed by atoms with Crippen LogP contribution in [-0.4, -0.2) is 49.7 Å². The van der Waals surface area contributed by atoms with Crippen LogP contribution in [0, 0.1) is 17.2 Å². The van der Waals surface area contributed by atoms with Crippen molar-refractivity contribution in [1.29, 1.82) is 5.26 Å². The van der Waals surface area contributed by atoms with E-state index >= 15 is 0 Å². The second-order valence-corrected chi connectivity index (χ2v) is 5.52. The molecule has 19 heavy (non-hydrogen) atoms. The van der Waals surface area contributed by atoms with Crippen LogP contribution < -0.4 is 5.32 Å². The number of nitrogens with zero attached hydrogens (tertiary/aromatic N) is 2. The Morgan fingerprint density at radius 3 is 2.79 bits per heavy atom. The van der Waals surface area contributed by atoms with Gasteiger partial charge in [-0.15, -0.1) is 0 Å². The lowest BCUT2D eigenvalue weighted by Crippen LogP contribution is -2.39. The van der Waals surface area contributed by atoms with Crippen molar-refractivity contribution in [2.24, 2.45) is 5.92 Å². The van der Waals surface area contributed by atoms with Gasteiger partial charge in [0, 0.05) is 13.2 Å². The lowest BCUT2D eigenvalue weighted by Gasteiger charge is -2.30. The average Bonchev–Trinajstić information content (AvgIpc) is 2.91. The lowest BCUT2D eigenvalue weighted by atomic mass is 9.97. The molecule has 0 aliphatic carbocycles. The lowest BCUT2D eigenvalue weighted by molar-refractivity contribution is -0.123. The molecule has 0 saturated carbocycles. The highest BCUT2D eigenvalue weighted by atomic mass is 16.5. The zero-order valence-corrected chi connectivity index (χ0v) is 11.4. The van der Waals surface area contributed by atoms with Gasteiger partial charge in [0.25, 0.3) is 0 Å². The molecule has 0 spiro atoms. The molecule has 5 nitrogen and oxygen atoms in total. The summed E-state index contributed by atoms with van der Waals surface area (Å²) in [5.74, 6) is 0.676. The Balaban J connectivity index is 1.58. The van der Waals surface area contributed by atoms with E-state index in [0.29, 0.717) is 18.9 Å². The van der Waals surface area contributed by atoms with Crippen molar-refractivity contribution >= 4 is 5.91 Å². The van der Waals surface area contributed by atoms with Crippen molar-refractivity contribution in [3.05, 3.63) is 0 Å². The van der Waals surface area contributed by atoms with Crippen molar-refractivity contribution in [2.45, 2.75) is 38.2 Å². The molecule has 106 valence electrons. The second kappa shape index (κ2) is 7.46. The predicted molar refractivity (Wildman–Crippen MR) is 71.4 cm³/mol. The molecule has 2 aliphatic heterocycles. The van der Waals surface area contributed by atoms with Gasteiger partial charge in [0.1, 0.15) is 0 Å². The summed E-state index contributed by atoms with van der Waals surface area (Å²) < 4.78 is 5.46. The molecule has 0 aromatic heterocycles. The summed E-state index contributed by atoms with van der Waals surface area (Å²) >= 11 is 0. The van der Waals surface area contributed by atoms with Gasteiger partial charge in [-0.2, -0.15) is 5.26 Å². The summed E-state index contributed by atoms with van der Waals surface area (Å²) in [4.78, 5) is 13.9. The minimum Gasteiger partial charge on any atom is -0.378 e. The van der Waals surface area contributed by atoms with E-state index in [1.807, 2.05) is 0 Å². The average molecular weight is 265 g/mol. The zero-order chi connectivity index (χ0) is 13.5. The number of rotatable bonds is 5. The molecule has 0 aromatic carbocycles. The molecule has 0 bridgehead atoms. The summed E-state index contributed by atoms with van der Waals surface area (Å²) in [6.07, 6.45) is 4.88. The fraction of sp³-hybridized carbons (Fsp3) is 0.857. The molecule has 2 rings (SSSR count). The second-order valence-electron chi connectivity index (χ2n) is 5.52. The highest BCUT2D eigenvalue weighted by Crippen LogP contribution is 2.17. The smallest absolute Gasteiger partial charge is 0.222 e. The van der Waals surface area contributed by atoms with E-state index in [9.17, 15) is 4.79 Å². The Kier molecular flexibility index (Phi) is 5.62. The summed E-state index contributed by atoms with van der Waals surface area (Å²) in [7, 11) is 0. The van der Waals surface area contributed by atoms with Crippen LogP contribution in [0.4, 0.5) is 0 Å². The fourth-order valence-corrected chi connectivity index (χ4v) is 2.79. The standard InChI is InChI=1S/C14H23N3O2/c15-5-8-17-6-3-12(4-7-17)11-16-14(18)10-13-2-1-9-19-13/h12-13H,1-4,6-11H2,(H,16,18). The molecule has 0 aromatic rings. The van der Waals surface area contributed by atoms with Gasteiger partial charge >= 0.3 is 0 Å². The number of hydrogen-bond acceptors (Lipinski definition) is 4. The van der Waals surface area contributed by atoms with Gasteiger partial charge in [0.15, 0.2) is 0 Å². The summed E-state index contributed by atoms with van der Waals surface area (Å²) in [6.45, 7) is 4.04. The van der Waals surface area contributed by atoms with Gasteiger partial charge in [-0.1, -0.05) is 0 Å². The van der Waals surface area contributed by atoms with Crippen LogP contribution in [0.15, 0.2) is 0 Å². The summed E-state index contributed by atoms with van der Waals surface area (Å²) in [5, 5.41) is 11.7. The number of hydrogen-bond donors (Lipinski definition) is 1. The van der Waals surface area contributed by atoms with Gasteiger partial charge in [0.05, 0.1) is 25.1 Å². The van der Waals surface area contributed by atoms with Crippen LogP contribution in [-0.2, 0) is 9.53 Å². The number of nitriles is 1. The minimum atomic E-state index is 0.117. The number of nitrogens with one attached hydrogen (secondary N) is 1. The molecular formula is C14H23N3O2.